The number of ether oxygens (including phenoxy) is 1. The summed E-state index contributed by atoms with van der Waals surface area (Å²) in [4.78, 5) is 29.8. The molecule has 0 N–H and O–H groups in total. The summed E-state index contributed by atoms with van der Waals surface area (Å²) >= 11 is 3.35. The number of hydrogen-bond acceptors (Lipinski definition) is 4. The molecule has 6 heteroatoms. The summed E-state index contributed by atoms with van der Waals surface area (Å²) < 4.78 is 5.49. The summed E-state index contributed by atoms with van der Waals surface area (Å²) in [5.41, 5.74) is 2.38. The highest BCUT2D eigenvalue weighted by Crippen LogP contribution is 2.39. The van der Waals surface area contributed by atoms with E-state index in [0.29, 0.717) is 23.5 Å². The number of amides is 1. The van der Waals surface area contributed by atoms with E-state index in [4.69, 9.17) is 4.74 Å². The van der Waals surface area contributed by atoms with E-state index >= 15 is 0 Å². The number of rotatable bonds is 2. The van der Waals surface area contributed by atoms with Gasteiger partial charge in [-0.3, -0.25) is 9.78 Å². The predicted molar refractivity (Wildman–Crippen MR) is 80.2 cm³/mol. The van der Waals surface area contributed by atoms with Gasteiger partial charge in [-0.25, -0.2) is 4.79 Å². The Morgan fingerprint density at radius 2 is 2.14 bits per heavy atom. The highest BCUT2D eigenvalue weighted by molar-refractivity contribution is 9.10. The molecule has 1 aliphatic rings. The molecule has 5 nitrogen and oxygen atoms in total. The van der Waals surface area contributed by atoms with Crippen LogP contribution in [0.4, 0.5) is 5.69 Å². The second-order valence-electron chi connectivity index (χ2n) is 4.55. The third kappa shape index (κ3) is 2.31. The molecule has 0 unspecified atom stereocenters. The first-order valence-electron chi connectivity index (χ1n) is 6.25. The SMILES string of the molecule is COC(=O)c1cc(Br)cc2c1CN2C(=O)c1ccccn1. The van der Waals surface area contributed by atoms with Crippen molar-refractivity contribution < 1.29 is 14.3 Å². The zero-order valence-corrected chi connectivity index (χ0v) is 12.8. The molecule has 0 saturated heterocycles. The lowest BCUT2D eigenvalue weighted by molar-refractivity contribution is 0.0598. The second-order valence-corrected chi connectivity index (χ2v) is 5.46. The zero-order valence-electron chi connectivity index (χ0n) is 11.2. The Morgan fingerprint density at radius 3 is 2.81 bits per heavy atom. The van der Waals surface area contributed by atoms with Gasteiger partial charge < -0.3 is 9.64 Å². The number of anilines is 1. The number of nitrogens with zero attached hydrogens (tertiary/aromatic N) is 2. The van der Waals surface area contributed by atoms with Gasteiger partial charge in [0.2, 0.25) is 0 Å². The third-order valence-electron chi connectivity index (χ3n) is 3.33. The van der Waals surface area contributed by atoms with Gasteiger partial charge in [-0.1, -0.05) is 22.0 Å². The van der Waals surface area contributed by atoms with Crippen molar-refractivity contribution in [1.29, 1.82) is 0 Å². The molecule has 0 fully saturated rings. The summed E-state index contributed by atoms with van der Waals surface area (Å²) in [5.74, 6) is -0.588. The first-order valence-corrected chi connectivity index (χ1v) is 7.04. The molecular weight excluding hydrogens is 336 g/mol. The minimum atomic E-state index is -0.405. The van der Waals surface area contributed by atoms with Crippen molar-refractivity contribution >= 4 is 33.5 Å². The molecule has 21 heavy (non-hydrogen) atoms. The van der Waals surface area contributed by atoms with Crippen LogP contribution in [0.1, 0.15) is 26.4 Å². The molecule has 106 valence electrons. The maximum Gasteiger partial charge on any atom is 0.338 e. The fraction of sp³-hybridized carbons (Fsp3) is 0.133. The molecule has 0 bridgehead atoms. The molecular formula is C15H11BrN2O3. The number of methoxy groups -OCH3 is 1. The number of carbonyl (C=O) groups excluding carboxylic acids is 2. The Kier molecular flexibility index (Phi) is 3.47. The number of halogens is 1. The molecule has 0 radical (unpaired) electrons. The molecule has 1 aromatic carbocycles. The Labute approximate surface area is 129 Å². The summed E-state index contributed by atoms with van der Waals surface area (Å²) in [6.07, 6.45) is 1.58. The van der Waals surface area contributed by atoms with Gasteiger partial charge in [-0.15, -0.1) is 0 Å². The molecule has 0 spiro atoms. The average Bonchev–Trinajstić information content (AvgIpc) is 2.49. The van der Waals surface area contributed by atoms with E-state index in [-0.39, 0.29) is 5.91 Å². The molecule has 1 amide bonds. The van der Waals surface area contributed by atoms with Crippen LogP contribution in [0.25, 0.3) is 0 Å². The van der Waals surface area contributed by atoms with Crippen molar-refractivity contribution in [2.45, 2.75) is 6.54 Å². The average molecular weight is 347 g/mol. The maximum absolute atomic E-state index is 12.4. The summed E-state index contributed by atoms with van der Waals surface area (Å²) in [7, 11) is 1.34. The van der Waals surface area contributed by atoms with Crippen molar-refractivity contribution in [2.24, 2.45) is 0 Å². The Hall–Kier alpha value is -2.21. The van der Waals surface area contributed by atoms with E-state index in [1.165, 1.54) is 7.11 Å². The van der Waals surface area contributed by atoms with Crippen LogP contribution in [0.2, 0.25) is 0 Å². The topological polar surface area (TPSA) is 59.5 Å². The van der Waals surface area contributed by atoms with Crippen LogP contribution in [-0.2, 0) is 11.3 Å². The number of aromatic nitrogens is 1. The van der Waals surface area contributed by atoms with Crippen LogP contribution in [0.5, 0.6) is 0 Å². The summed E-state index contributed by atoms with van der Waals surface area (Å²) in [6, 6.07) is 8.70. The van der Waals surface area contributed by atoms with Gasteiger partial charge >= 0.3 is 5.97 Å². The Balaban J connectivity index is 1.97. The fourth-order valence-corrected chi connectivity index (χ4v) is 2.73. The quantitative estimate of drug-likeness (QED) is 0.784. The molecule has 0 saturated carbocycles. The fourth-order valence-electron chi connectivity index (χ4n) is 2.28. The molecule has 2 aromatic rings. The van der Waals surface area contributed by atoms with Gasteiger partial charge in [0.15, 0.2) is 0 Å². The number of hydrogen-bond donors (Lipinski definition) is 0. The smallest absolute Gasteiger partial charge is 0.338 e. The second kappa shape index (κ2) is 5.29. The molecule has 1 aromatic heterocycles. The number of esters is 1. The van der Waals surface area contributed by atoms with Crippen molar-refractivity contribution in [2.75, 3.05) is 12.0 Å². The van der Waals surface area contributed by atoms with E-state index in [0.717, 1.165) is 10.0 Å². The molecule has 2 heterocycles. The molecule has 0 aliphatic carbocycles. The lowest BCUT2D eigenvalue weighted by Crippen LogP contribution is -2.40. The van der Waals surface area contributed by atoms with Crippen LogP contribution < -0.4 is 4.90 Å². The van der Waals surface area contributed by atoms with Gasteiger partial charge in [0.1, 0.15) is 5.69 Å². The third-order valence-corrected chi connectivity index (χ3v) is 3.79. The van der Waals surface area contributed by atoms with E-state index in [2.05, 4.69) is 20.9 Å². The van der Waals surface area contributed by atoms with Crippen LogP contribution in [-0.4, -0.2) is 24.0 Å². The molecule has 1 aliphatic heterocycles. The van der Waals surface area contributed by atoms with Crippen LogP contribution in [0.15, 0.2) is 41.0 Å². The number of benzene rings is 1. The van der Waals surface area contributed by atoms with Crippen LogP contribution in [0.3, 0.4) is 0 Å². The standard InChI is InChI=1S/C15H11BrN2O3/c1-21-15(20)10-6-9(16)7-13-11(10)8-18(13)14(19)12-4-2-3-5-17-12/h2-7H,8H2,1H3. The van der Waals surface area contributed by atoms with Crippen molar-refractivity contribution in [3.63, 3.8) is 0 Å². The Morgan fingerprint density at radius 1 is 1.33 bits per heavy atom. The van der Waals surface area contributed by atoms with E-state index in [1.54, 1.807) is 35.4 Å². The number of fused-ring (bicyclic) bond motifs is 1. The maximum atomic E-state index is 12.4. The van der Waals surface area contributed by atoms with Gasteiger partial charge in [0.05, 0.1) is 24.9 Å². The van der Waals surface area contributed by atoms with Gasteiger partial charge in [-0.05, 0) is 24.3 Å². The monoisotopic (exact) mass is 346 g/mol. The normalized spacial score (nSPS) is 12.4. The Bertz CT molecular complexity index is 731. The van der Waals surface area contributed by atoms with Gasteiger partial charge in [-0.2, -0.15) is 0 Å². The lowest BCUT2D eigenvalue weighted by atomic mass is 9.96. The van der Waals surface area contributed by atoms with Gasteiger partial charge in [0.25, 0.3) is 5.91 Å². The van der Waals surface area contributed by atoms with E-state index in [1.807, 2.05) is 6.07 Å². The first-order chi connectivity index (χ1) is 10.1. The number of carbonyl (C=O) groups is 2. The van der Waals surface area contributed by atoms with Crippen molar-refractivity contribution in [3.8, 4) is 0 Å². The zero-order chi connectivity index (χ0) is 15.0. The highest BCUT2D eigenvalue weighted by Gasteiger charge is 2.34. The van der Waals surface area contributed by atoms with E-state index < -0.39 is 5.97 Å². The minimum absolute atomic E-state index is 0.183. The summed E-state index contributed by atoms with van der Waals surface area (Å²) in [6.45, 7) is 0.377. The largest absolute Gasteiger partial charge is 0.465 e. The van der Waals surface area contributed by atoms with Crippen LogP contribution >= 0.6 is 15.9 Å². The van der Waals surface area contributed by atoms with Crippen molar-refractivity contribution in [3.05, 3.63) is 57.8 Å². The molecule has 0 atom stereocenters. The number of pyridine rings is 1. The van der Waals surface area contributed by atoms with E-state index in [9.17, 15) is 9.59 Å². The lowest BCUT2D eigenvalue weighted by Gasteiger charge is -2.35. The summed E-state index contributed by atoms with van der Waals surface area (Å²) in [5, 5.41) is 0. The molecule has 3 rings (SSSR count). The highest BCUT2D eigenvalue weighted by atomic mass is 79.9. The predicted octanol–water partition coefficient (Wildman–Crippen LogP) is 2.79. The van der Waals surface area contributed by atoms with Gasteiger partial charge in [0, 0.05) is 16.2 Å². The van der Waals surface area contributed by atoms with Crippen molar-refractivity contribution in [1.82, 2.24) is 4.98 Å². The first kappa shape index (κ1) is 13.8. The minimum Gasteiger partial charge on any atom is -0.465 e. The van der Waals surface area contributed by atoms with Crippen LogP contribution in [0, 0.1) is 0 Å².